The summed E-state index contributed by atoms with van der Waals surface area (Å²) >= 11 is 0. The van der Waals surface area contributed by atoms with Crippen LogP contribution in [0.1, 0.15) is 28.1 Å². The minimum atomic E-state index is -0.195. The molecule has 1 aromatic heterocycles. The van der Waals surface area contributed by atoms with Crippen LogP contribution in [0.15, 0.2) is 54.6 Å². The molecule has 4 heteroatoms. The summed E-state index contributed by atoms with van der Waals surface area (Å²) in [6, 6.07) is 18.1. The van der Waals surface area contributed by atoms with E-state index >= 15 is 0 Å². The van der Waals surface area contributed by atoms with E-state index in [1.54, 1.807) is 0 Å². The monoisotopic (exact) mass is 347 g/mol. The topological polar surface area (TPSA) is 46.1 Å². The molecule has 26 heavy (non-hydrogen) atoms. The van der Waals surface area contributed by atoms with Crippen molar-refractivity contribution in [2.24, 2.45) is 0 Å². The highest BCUT2D eigenvalue weighted by molar-refractivity contribution is 5.90. The first-order chi connectivity index (χ1) is 12.5. The molecule has 0 bridgehead atoms. The number of para-hydroxylation sites is 1. The van der Waals surface area contributed by atoms with Gasteiger partial charge in [0.25, 0.3) is 0 Å². The summed E-state index contributed by atoms with van der Waals surface area (Å²) in [5, 5.41) is 5.86. The fourth-order valence-corrected chi connectivity index (χ4v) is 3.23. The van der Waals surface area contributed by atoms with E-state index in [1.807, 2.05) is 31.2 Å². The van der Waals surface area contributed by atoms with Crippen molar-refractivity contribution in [3.63, 3.8) is 0 Å². The van der Waals surface area contributed by atoms with Gasteiger partial charge in [0.15, 0.2) is 0 Å². The second kappa shape index (κ2) is 7.48. The lowest BCUT2D eigenvalue weighted by molar-refractivity contribution is 0.251. The SMILES string of the molecule is Cc1cccc(-n2c(C)cc(CNC(=O)Nc3ccccc3C)c2C)c1. The van der Waals surface area contributed by atoms with Gasteiger partial charge in [0, 0.05) is 29.3 Å². The van der Waals surface area contributed by atoms with Crippen molar-refractivity contribution in [1.29, 1.82) is 0 Å². The molecule has 2 amide bonds. The molecule has 2 N–H and O–H groups in total. The van der Waals surface area contributed by atoms with Gasteiger partial charge in [-0.25, -0.2) is 4.79 Å². The largest absolute Gasteiger partial charge is 0.334 e. The number of aryl methyl sites for hydroxylation is 3. The van der Waals surface area contributed by atoms with Crippen LogP contribution in [0.2, 0.25) is 0 Å². The molecular formula is C22H25N3O. The third-order valence-corrected chi connectivity index (χ3v) is 4.63. The summed E-state index contributed by atoms with van der Waals surface area (Å²) in [7, 11) is 0. The van der Waals surface area contributed by atoms with Crippen LogP contribution >= 0.6 is 0 Å². The Balaban J connectivity index is 1.72. The molecule has 0 aliphatic heterocycles. The normalized spacial score (nSPS) is 10.6. The Morgan fingerprint density at radius 2 is 1.73 bits per heavy atom. The number of amides is 2. The van der Waals surface area contributed by atoms with Gasteiger partial charge in [0.2, 0.25) is 0 Å². The summed E-state index contributed by atoms with van der Waals surface area (Å²) in [4.78, 5) is 12.2. The van der Waals surface area contributed by atoms with E-state index in [4.69, 9.17) is 0 Å². The zero-order chi connectivity index (χ0) is 18.7. The lowest BCUT2D eigenvalue weighted by Crippen LogP contribution is -2.28. The lowest BCUT2D eigenvalue weighted by Gasteiger charge is -2.12. The standard InChI is InChI=1S/C22H25N3O/c1-15-8-7-10-20(12-15)25-17(3)13-19(18(25)4)14-23-22(26)24-21-11-6-5-9-16(21)2/h5-13H,14H2,1-4H3,(H2,23,24,26). The molecule has 0 fully saturated rings. The van der Waals surface area contributed by atoms with Gasteiger partial charge in [0.1, 0.15) is 0 Å². The first kappa shape index (κ1) is 17.8. The molecule has 4 nitrogen and oxygen atoms in total. The number of nitrogens with one attached hydrogen (secondary N) is 2. The number of rotatable bonds is 4. The second-order valence-corrected chi connectivity index (χ2v) is 6.69. The summed E-state index contributed by atoms with van der Waals surface area (Å²) in [5.74, 6) is 0. The van der Waals surface area contributed by atoms with Gasteiger partial charge in [-0.1, -0.05) is 30.3 Å². The molecule has 0 spiro atoms. The van der Waals surface area contributed by atoms with E-state index < -0.39 is 0 Å². The van der Waals surface area contributed by atoms with Gasteiger partial charge in [-0.15, -0.1) is 0 Å². The number of carbonyl (C=O) groups excluding carboxylic acids is 1. The van der Waals surface area contributed by atoms with E-state index in [0.717, 1.165) is 33.9 Å². The van der Waals surface area contributed by atoms with Gasteiger partial charge < -0.3 is 15.2 Å². The van der Waals surface area contributed by atoms with Crippen LogP contribution in [0.3, 0.4) is 0 Å². The molecule has 134 valence electrons. The van der Waals surface area contributed by atoms with Gasteiger partial charge in [-0.05, 0) is 68.7 Å². The number of carbonyl (C=O) groups is 1. The predicted octanol–water partition coefficient (Wildman–Crippen LogP) is 5.03. The molecule has 0 aliphatic rings. The maximum atomic E-state index is 12.2. The van der Waals surface area contributed by atoms with Crippen LogP contribution in [0.5, 0.6) is 0 Å². The molecule has 3 rings (SSSR count). The van der Waals surface area contributed by atoms with Crippen molar-refractivity contribution >= 4 is 11.7 Å². The van der Waals surface area contributed by atoms with Crippen molar-refractivity contribution in [3.8, 4) is 5.69 Å². The fourth-order valence-electron chi connectivity index (χ4n) is 3.23. The quantitative estimate of drug-likeness (QED) is 0.683. The van der Waals surface area contributed by atoms with Crippen LogP contribution in [-0.4, -0.2) is 10.6 Å². The van der Waals surface area contributed by atoms with Gasteiger partial charge >= 0.3 is 6.03 Å². The Morgan fingerprint density at radius 1 is 0.962 bits per heavy atom. The van der Waals surface area contributed by atoms with Crippen molar-refractivity contribution < 1.29 is 4.79 Å². The number of anilines is 1. The zero-order valence-corrected chi connectivity index (χ0v) is 15.8. The minimum Gasteiger partial charge on any atom is -0.334 e. The van der Waals surface area contributed by atoms with E-state index in [-0.39, 0.29) is 6.03 Å². The third-order valence-electron chi connectivity index (χ3n) is 4.63. The highest BCUT2D eigenvalue weighted by atomic mass is 16.2. The average molecular weight is 347 g/mol. The van der Waals surface area contributed by atoms with Crippen molar-refractivity contribution in [3.05, 3.63) is 82.7 Å². The predicted molar refractivity (Wildman–Crippen MR) is 107 cm³/mol. The third kappa shape index (κ3) is 3.80. The summed E-state index contributed by atoms with van der Waals surface area (Å²) < 4.78 is 2.23. The highest BCUT2D eigenvalue weighted by Gasteiger charge is 2.12. The maximum absolute atomic E-state index is 12.2. The summed E-state index contributed by atoms with van der Waals surface area (Å²) in [6.07, 6.45) is 0. The van der Waals surface area contributed by atoms with Crippen LogP contribution in [0.4, 0.5) is 10.5 Å². The van der Waals surface area contributed by atoms with Crippen molar-refractivity contribution in [1.82, 2.24) is 9.88 Å². The maximum Gasteiger partial charge on any atom is 0.319 e. The van der Waals surface area contributed by atoms with Crippen LogP contribution in [-0.2, 0) is 6.54 Å². The van der Waals surface area contributed by atoms with Crippen molar-refractivity contribution in [2.45, 2.75) is 34.2 Å². The fraction of sp³-hybridized carbons (Fsp3) is 0.227. The first-order valence-corrected chi connectivity index (χ1v) is 8.81. The number of nitrogens with zero attached hydrogens (tertiary/aromatic N) is 1. The Hall–Kier alpha value is -3.01. The van der Waals surface area contributed by atoms with E-state index in [1.165, 1.54) is 5.56 Å². The Kier molecular flexibility index (Phi) is 5.12. The van der Waals surface area contributed by atoms with Crippen LogP contribution in [0.25, 0.3) is 5.69 Å². The van der Waals surface area contributed by atoms with Crippen molar-refractivity contribution in [2.75, 3.05) is 5.32 Å². The van der Waals surface area contributed by atoms with E-state index in [9.17, 15) is 4.79 Å². The second-order valence-electron chi connectivity index (χ2n) is 6.69. The van der Waals surface area contributed by atoms with Gasteiger partial charge in [-0.2, -0.15) is 0 Å². The Morgan fingerprint density at radius 3 is 2.46 bits per heavy atom. The van der Waals surface area contributed by atoms with E-state index in [0.29, 0.717) is 6.54 Å². The average Bonchev–Trinajstić information content (AvgIpc) is 2.89. The molecular weight excluding hydrogens is 322 g/mol. The summed E-state index contributed by atoms with van der Waals surface area (Å²) in [5.41, 5.74) is 7.66. The molecule has 0 saturated carbocycles. The molecule has 0 atom stereocenters. The molecule has 1 heterocycles. The molecule has 0 aliphatic carbocycles. The zero-order valence-electron chi connectivity index (χ0n) is 15.8. The van der Waals surface area contributed by atoms with Gasteiger partial charge in [0.05, 0.1) is 0 Å². The van der Waals surface area contributed by atoms with Gasteiger partial charge in [-0.3, -0.25) is 0 Å². The Bertz CT molecular complexity index is 940. The van der Waals surface area contributed by atoms with Crippen LogP contribution < -0.4 is 10.6 Å². The number of hydrogen-bond acceptors (Lipinski definition) is 1. The minimum absolute atomic E-state index is 0.195. The summed E-state index contributed by atoms with van der Waals surface area (Å²) in [6.45, 7) is 8.74. The molecule has 2 aromatic carbocycles. The highest BCUT2D eigenvalue weighted by Crippen LogP contribution is 2.21. The lowest BCUT2D eigenvalue weighted by atomic mass is 10.2. The van der Waals surface area contributed by atoms with E-state index in [2.05, 4.69) is 66.3 Å². The molecule has 0 unspecified atom stereocenters. The molecule has 0 radical (unpaired) electrons. The number of aromatic nitrogens is 1. The number of hydrogen-bond donors (Lipinski definition) is 2. The number of benzene rings is 2. The van der Waals surface area contributed by atoms with Crippen LogP contribution in [0, 0.1) is 27.7 Å². The first-order valence-electron chi connectivity index (χ1n) is 8.81. The number of urea groups is 1. The molecule has 3 aromatic rings. The smallest absolute Gasteiger partial charge is 0.319 e. The Labute approximate surface area is 154 Å². The molecule has 0 saturated heterocycles.